The number of ether oxygens (including phenoxy) is 2. The summed E-state index contributed by atoms with van der Waals surface area (Å²) in [6.45, 7) is 1.62. The van der Waals surface area contributed by atoms with Gasteiger partial charge in [0.15, 0.2) is 11.5 Å². The standard InChI is InChI=1S/C20H21F3N2O5S/c1-2-25(13-19(26)24-16-7-4-3-6-15(16)20(21,22)23)31(27,28)14-8-9-17-18(12-14)30-11-5-10-29-17/h3-4,6-9,12H,2,5,10-11,13H2,1H3,(H,24,26). The molecular formula is C20H21F3N2O5S. The van der Waals surface area contributed by atoms with Crippen LogP contribution in [-0.2, 0) is 21.0 Å². The molecule has 11 heteroatoms. The molecule has 7 nitrogen and oxygen atoms in total. The van der Waals surface area contributed by atoms with E-state index in [1.807, 2.05) is 0 Å². The van der Waals surface area contributed by atoms with Crippen molar-refractivity contribution in [3.05, 3.63) is 48.0 Å². The number of carbonyl (C=O) groups excluding carboxylic acids is 1. The summed E-state index contributed by atoms with van der Waals surface area (Å²) in [4.78, 5) is 12.3. The first-order valence-electron chi connectivity index (χ1n) is 9.49. The molecule has 0 radical (unpaired) electrons. The number of hydrogen-bond acceptors (Lipinski definition) is 5. The van der Waals surface area contributed by atoms with E-state index in [0.29, 0.717) is 25.4 Å². The van der Waals surface area contributed by atoms with Gasteiger partial charge in [-0.1, -0.05) is 19.1 Å². The molecule has 0 saturated heterocycles. The van der Waals surface area contributed by atoms with Crippen LogP contribution in [-0.4, -0.2) is 44.9 Å². The number of sulfonamides is 1. The van der Waals surface area contributed by atoms with Gasteiger partial charge in [0, 0.05) is 19.0 Å². The minimum absolute atomic E-state index is 0.0644. The topological polar surface area (TPSA) is 84.9 Å². The van der Waals surface area contributed by atoms with E-state index in [1.54, 1.807) is 0 Å². The Morgan fingerprint density at radius 3 is 2.45 bits per heavy atom. The van der Waals surface area contributed by atoms with Gasteiger partial charge in [-0.25, -0.2) is 8.42 Å². The van der Waals surface area contributed by atoms with Gasteiger partial charge in [0.25, 0.3) is 0 Å². The zero-order valence-electron chi connectivity index (χ0n) is 16.6. The number of rotatable bonds is 6. The molecule has 1 aliphatic heterocycles. The van der Waals surface area contributed by atoms with Crippen LogP contribution in [0.1, 0.15) is 18.9 Å². The molecule has 168 valence electrons. The molecule has 0 saturated carbocycles. The van der Waals surface area contributed by atoms with E-state index >= 15 is 0 Å². The molecule has 1 heterocycles. The molecule has 31 heavy (non-hydrogen) atoms. The second-order valence-corrected chi connectivity index (χ2v) is 8.62. The number of amides is 1. The Bertz CT molecular complexity index is 1060. The van der Waals surface area contributed by atoms with Crippen LogP contribution >= 0.6 is 0 Å². The number of likely N-dealkylation sites (N-methyl/N-ethyl adjacent to an activating group) is 1. The summed E-state index contributed by atoms with van der Waals surface area (Å²) >= 11 is 0. The predicted molar refractivity (Wildman–Crippen MR) is 107 cm³/mol. The second kappa shape index (κ2) is 9.15. The molecule has 2 aromatic rings. The molecule has 1 amide bonds. The highest BCUT2D eigenvalue weighted by molar-refractivity contribution is 7.89. The average molecular weight is 458 g/mol. The number of benzene rings is 2. The highest BCUT2D eigenvalue weighted by Gasteiger charge is 2.34. The van der Waals surface area contributed by atoms with Gasteiger partial charge in [0.2, 0.25) is 15.9 Å². The van der Waals surface area contributed by atoms with Crippen molar-refractivity contribution >= 4 is 21.6 Å². The van der Waals surface area contributed by atoms with E-state index in [4.69, 9.17) is 9.47 Å². The Hall–Kier alpha value is -2.79. The summed E-state index contributed by atoms with van der Waals surface area (Å²) in [6.07, 6.45) is -4.01. The van der Waals surface area contributed by atoms with Gasteiger partial charge >= 0.3 is 6.18 Å². The van der Waals surface area contributed by atoms with E-state index < -0.39 is 39.9 Å². The fourth-order valence-electron chi connectivity index (χ4n) is 3.01. The Kier molecular flexibility index (Phi) is 6.75. The average Bonchev–Trinajstić information content (AvgIpc) is 2.96. The van der Waals surface area contributed by atoms with E-state index in [-0.39, 0.29) is 17.2 Å². The molecule has 0 aliphatic carbocycles. The van der Waals surface area contributed by atoms with Crippen molar-refractivity contribution in [3.8, 4) is 11.5 Å². The maximum Gasteiger partial charge on any atom is 0.418 e. The van der Waals surface area contributed by atoms with Crippen LogP contribution in [0.25, 0.3) is 0 Å². The smallest absolute Gasteiger partial charge is 0.418 e. The zero-order chi connectivity index (χ0) is 22.6. The van der Waals surface area contributed by atoms with Gasteiger partial charge in [-0.15, -0.1) is 0 Å². The maximum absolute atomic E-state index is 13.1. The molecule has 0 unspecified atom stereocenters. The van der Waals surface area contributed by atoms with Crippen LogP contribution in [0.2, 0.25) is 0 Å². The lowest BCUT2D eigenvalue weighted by Crippen LogP contribution is -2.38. The summed E-state index contributed by atoms with van der Waals surface area (Å²) in [5, 5.41) is 2.15. The van der Waals surface area contributed by atoms with Crippen LogP contribution in [0, 0.1) is 0 Å². The minimum Gasteiger partial charge on any atom is -0.490 e. The molecule has 0 aromatic heterocycles. The third-order valence-electron chi connectivity index (χ3n) is 4.54. The number of fused-ring (bicyclic) bond motifs is 1. The van der Waals surface area contributed by atoms with Gasteiger partial charge in [-0.3, -0.25) is 4.79 Å². The molecule has 0 atom stereocenters. The molecular weight excluding hydrogens is 437 g/mol. The van der Waals surface area contributed by atoms with Crippen molar-refractivity contribution < 1.29 is 35.9 Å². The van der Waals surface area contributed by atoms with Gasteiger partial charge in [0.1, 0.15) is 0 Å². The number of carbonyl (C=O) groups is 1. The summed E-state index contributed by atoms with van der Waals surface area (Å²) in [7, 11) is -4.11. The van der Waals surface area contributed by atoms with Crippen LogP contribution in [0.5, 0.6) is 11.5 Å². The zero-order valence-corrected chi connectivity index (χ0v) is 17.4. The first-order chi connectivity index (χ1) is 14.6. The summed E-state index contributed by atoms with van der Waals surface area (Å²) in [5.74, 6) is -0.198. The lowest BCUT2D eigenvalue weighted by molar-refractivity contribution is -0.137. The summed E-state index contributed by atoms with van der Waals surface area (Å²) in [5.41, 5.74) is -1.46. The molecule has 1 aliphatic rings. The van der Waals surface area contributed by atoms with Gasteiger partial charge < -0.3 is 14.8 Å². The van der Waals surface area contributed by atoms with E-state index in [9.17, 15) is 26.4 Å². The number of alkyl halides is 3. The first kappa shape index (κ1) is 22.9. The van der Waals surface area contributed by atoms with Crippen molar-refractivity contribution in [2.24, 2.45) is 0 Å². The predicted octanol–water partition coefficient (Wildman–Crippen LogP) is 3.52. The fourth-order valence-corrected chi connectivity index (χ4v) is 4.43. The molecule has 3 rings (SSSR count). The number of para-hydroxylation sites is 1. The summed E-state index contributed by atoms with van der Waals surface area (Å²) in [6, 6.07) is 8.61. The number of nitrogens with zero attached hydrogens (tertiary/aromatic N) is 1. The first-order valence-corrected chi connectivity index (χ1v) is 10.9. The van der Waals surface area contributed by atoms with E-state index in [1.165, 1.54) is 37.3 Å². The van der Waals surface area contributed by atoms with Crippen molar-refractivity contribution in [1.29, 1.82) is 0 Å². The van der Waals surface area contributed by atoms with Crippen molar-refractivity contribution in [2.75, 3.05) is 31.6 Å². The number of hydrogen-bond donors (Lipinski definition) is 1. The number of halogens is 3. The van der Waals surface area contributed by atoms with Crippen molar-refractivity contribution in [3.63, 3.8) is 0 Å². The Morgan fingerprint density at radius 1 is 1.10 bits per heavy atom. The Morgan fingerprint density at radius 2 is 1.77 bits per heavy atom. The van der Waals surface area contributed by atoms with Crippen LogP contribution in [0.4, 0.5) is 18.9 Å². The molecule has 0 spiro atoms. The molecule has 0 fully saturated rings. The summed E-state index contributed by atoms with van der Waals surface area (Å²) < 4.78 is 77.3. The third-order valence-corrected chi connectivity index (χ3v) is 6.45. The van der Waals surface area contributed by atoms with E-state index in [0.717, 1.165) is 16.4 Å². The monoisotopic (exact) mass is 458 g/mol. The second-order valence-electron chi connectivity index (χ2n) is 6.68. The van der Waals surface area contributed by atoms with Gasteiger partial charge in [0.05, 0.1) is 35.9 Å². The fraction of sp³-hybridized carbons (Fsp3) is 0.350. The van der Waals surface area contributed by atoms with Gasteiger partial charge in [-0.05, 0) is 24.3 Å². The van der Waals surface area contributed by atoms with Crippen LogP contribution < -0.4 is 14.8 Å². The molecule has 1 N–H and O–H groups in total. The normalized spacial score (nSPS) is 14.2. The lowest BCUT2D eigenvalue weighted by Gasteiger charge is -2.21. The van der Waals surface area contributed by atoms with Crippen molar-refractivity contribution in [2.45, 2.75) is 24.4 Å². The van der Waals surface area contributed by atoms with Gasteiger partial charge in [-0.2, -0.15) is 17.5 Å². The quantitative estimate of drug-likeness (QED) is 0.716. The Balaban J connectivity index is 1.79. The SMILES string of the molecule is CCN(CC(=O)Nc1ccccc1C(F)(F)F)S(=O)(=O)c1ccc2c(c1)OCCCO2. The number of nitrogens with one attached hydrogen (secondary N) is 1. The largest absolute Gasteiger partial charge is 0.490 e. The highest BCUT2D eigenvalue weighted by atomic mass is 32.2. The van der Waals surface area contributed by atoms with Crippen molar-refractivity contribution in [1.82, 2.24) is 4.31 Å². The third kappa shape index (κ3) is 5.28. The molecule has 0 bridgehead atoms. The van der Waals surface area contributed by atoms with E-state index in [2.05, 4.69) is 5.32 Å². The Labute approximate surface area is 177 Å². The molecule has 2 aromatic carbocycles. The minimum atomic E-state index is -4.66. The lowest BCUT2D eigenvalue weighted by atomic mass is 10.1. The van der Waals surface area contributed by atoms with Crippen LogP contribution in [0.3, 0.4) is 0 Å². The maximum atomic E-state index is 13.1. The highest BCUT2D eigenvalue weighted by Crippen LogP contribution is 2.35. The van der Waals surface area contributed by atoms with Crippen LogP contribution in [0.15, 0.2) is 47.4 Å². The number of anilines is 1.